The van der Waals surface area contributed by atoms with Gasteiger partial charge in [-0.3, -0.25) is 14.9 Å². The van der Waals surface area contributed by atoms with Crippen LogP contribution in [0.2, 0.25) is 5.02 Å². The molecule has 0 bridgehead atoms. The van der Waals surface area contributed by atoms with E-state index in [1.165, 1.54) is 0 Å². The van der Waals surface area contributed by atoms with E-state index >= 15 is 0 Å². The summed E-state index contributed by atoms with van der Waals surface area (Å²) in [6.45, 7) is 0. The quantitative estimate of drug-likeness (QED) is 0.490. The molecular formula is C11H4ClF4N3O4. The number of rotatable bonds is 2. The zero-order chi connectivity index (χ0) is 17.5. The molecule has 122 valence electrons. The molecule has 12 heteroatoms. The number of hydrogen-bond acceptors (Lipinski definition) is 5. The summed E-state index contributed by atoms with van der Waals surface area (Å²) >= 11 is 5.38. The van der Waals surface area contributed by atoms with Crippen LogP contribution in [0.3, 0.4) is 0 Å². The topological polar surface area (TPSA) is 109 Å². The normalized spacial score (nSPS) is 11.5. The fourth-order valence-corrected chi connectivity index (χ4v) is 2.06. The van der Waals surface area contributed by atoms with Gasteiger partial charge in [-0.25, -0.2) is 9.49 Å². The summed E-state index contributed by atoms with van der Waals surface area (Å²) in [5.74, 6) is -2.85. The third kappa shape index (κ3) is 2.82. The van der Waals surface area contributed by atoms with Crippen LogP contribution in [-0.4, -0.2) is 20.2 Å². The summed E-state index contributed by atoms with van der Waals surface area (Å²) in [6, 6.07) is 0.360. The predicted molar refractivity (Wildman–Crippen MR) is 68.6 cm³/mol. The average molecular weight is 354 g/mol. The first kappa shape index (κ1) is 16.7. The molecule has 0 fully saturated rings. The fraction of sp³-hybridized carbons (Fsp3) is 0.0909. The van der Waals surface area contributed by atoms with Gasteiger partial charge in [0.1, 0.15) is 11.4 Å². The average Bonchev–Trinajstić information content (AvgIpc) is 2.41. The minimum Gasteiger partial charge on any atom is -0.501 e. The molecule has 0 saturated heterocycles. The number of H-pyrrole nitrogens is 1. The van der Waals surface area contributed by atoms with Crippen LogP contribution in [0.4, 0.5) is 23.2 Å². The van der Waals surface area contributed by atoms with Crippen LogP contribution in [0.25, 0.3) is 11.1 Å². The highest BCUT2D eigenvalue weighted by molar-refractivity contribution is 6.32. The second-order valence-electron chi connectivity index (χ2n) is 4.16. The summed E-state index contributed by atoms with van der Waals surface area (Å²) < 4.78 is 53.0. The SMILES string of the molecule is O=c1[nH]ncc(C(F)(F)F)c1-c1c(F)cc(Cl)c(O)c1[N+](=O)[O-]. The van der Waals surface area contributed by atoms with Crippen LogP contribution < -0.4 is 5.56 Å². The molecular weight excluding hydrogens is 350 g/mol. The maximum atomic E-state index is 14.0. The summed E-state index contributed by atoms with van der Waals surface area (Å²) in [4.78, 5) is 21.3. The van der Waals surface area contributed by atoms with Gasteiger partial charge in [-0.15, -0.1) is 0 Å². The highest BCUT2D eigenvalue weighted by Crippen LogP contribution is 2.45. The molecule has 1 heterocycles. The number of phenols is 1. The number of nitrogens with one attached hydrogen (secondary N) is 1. The molecule has 1 aromatic carbocycles. The maximum Gasteiger partial charge on any atom is 0.418 e. The van der Waals surface area contributed by atoms with E-state index in [0.29, 0.717) is 6.07 Å². The first-order chi connectivity index (χ1) is 10.6. The number of nitro groups is 1. The number of aromatic hydroxyl groups is 1. The van der Waals surface area contributed by atoms with E-state index in [9.17, 15) is 37.6 Å². The van der Waals surface area contributed by atoms with Crippen LogP contribution in [-0.2, 0) is 6.18 Å². The van der Waals surface area contributed by atoms with Crippen LogP contribution in [0, 0.1) is 15.9 Å². The Bertz CT molecular complexity index is 866. The smallest absolute Gasteiger partial charge is 0.418 e. The van der Waals surface area contributed by atoms with Crippen LogP contribution in [0.5, 0.6) is 5.75 Å². The summed E-state index contributed by atoms with van der Waals surface area (Å²) in [7, 11) is 0. The Morgan fingerprint density at radius 3 is 2.48 bits per heavy atom. The van der Waals surface area contributed by atoms with Crippen molar-refractivity contribution in [3.05, 3.63) is 49.1 Å². The molecule has 2 rings (SSSR count). The number of aromatic nitrogens is 2. The van der Waals surface area contributed by atoms with Crippen molar-refractivity contribution in [1.29, 1.82) is 0 Å². The molecule has 0 spiro atoms. The van der Waals surface area contributed by atoms with Crippen molar-refractivity contribution >= 4 is 17.3 Å². The summed E-state index contributed by atoms with van der Waals surface area (Å²) in [5, 5.41) is 24.4. The van der Waals surface area contributed by atoms with Gasteiger partial charge in [-0.2, -0.15) is 18.3 Å². The van der Waals surface area contributed by atoms with Gasteiger partial charge in [0.2, 0.25) is 5.75 Å². The van der Waals surface area contributed by atoms with Gasteiger partial charge < -0.3 is 5.11 Å². The molecule has 0 atom stereocenters. The lowest BCUT2D eigenvalue weighted by molar-refractivity contribution is -0.385. The van der Waals surface area contributed by atoms with Gasteiger partial charge in [0.05, 0.1) is 27.3 Å². The number of nitrogens with zero attached hydrogens (tertiary/aromatic N) is 2. The van der Waals surface area contributed by atoms with Crippen molar-refractivity contribution in [3.8, 4) is 16.9 Å². The molecule has 0 amide bonds. The zero-order valence-corrected chi connectivity index (χ0v) is 11.4. The number of nitro benzene ring substituents is 1. The van der Waals surface area contributed by atoms with E-state index in [1.54, 1.807) is 5.10 Å². The molecule has 1 aromatic heterocycles. The van der Waals surface area contributed by atoms with Gasteiger partial charge in [-0.1, -0.05) is 11.6 Å². The minimum absolute atomic E-state index is 0.172. The molecule has 0 aliphatic heterocycles. The first-order valence-electron chi connectivity index (χ1n) is 5.56. The lowest BCUT2D eigenvalue weighted by Gasteiger charge is -2.12. The Morgan fingerprint density at radius 2 is 1.96 bits per heavy atom. The van der Waals surface area contributed by atoms with Crippen LogP contribution in [0.15, 0.2) is 17.1 Å². The highest BCUT2D eigenvalue weighted by atomic mass is 35.5. The number of halogens is 5. The highest BCUT2D eigenvalue weighted by Gasteiger charge is 2.40. The third-order valence-electron chi connectivity index (χ3n) is 2.77. The summed E-state index contributed by atoms with van der Waals surface area (Å²) in [6.07, 6.45) is -4.97. The fourth-order valence-electron chi connectivity index (χ4n) is 1.87. The monoisotopic (exact) mass is 353 g/mol. The van der Waals surface area contributed by atoms with E-state index in [0.717, 1.165) is 0 Å². The van der Waals surface area contributed by atoms with E-state index < -0.39 is 55.6 Å². The second kappa shape index (κ2) is 5.50. The van der Waals surface area contributed by atoms with E-state index in [1.807, 2.05) is 0 Å². The Balaban J connectivity index is 3.03. The Labute approximate surface area is 128 Å². The van der Waals surface area contributed by atoms with Gasteiger partial charge in [0.25, 0.3) is 5.56 Å². The van der Waals surface area contributed by atoms with Gasteiger partial charge in [-0.05, 0) is 6.07 Å². The van der Waals surface area contributed by atoms with Crippen molar-refractivity contribution in [2.24, 2.45) is 0 Å². The molecule has 2 aromatic rings. The van der Waals surface area contributed by atoms with Crippen LogP contribution >= 0.6 is 11.6 Å². The molecule has 0 aliphatic carbocycles. The lowest BCUT2D eigenvalue weighted by atomic mass is 9.99. The molecule has 2 N–H and O–H groups in total. The molecule has 0 aliphatic rings. The minimum atomic E-state index is -5.15. The zero-order valence-electron chi connectivity index (χ0n) is 10.6. The lowest BCUT2D eigenvalue weighted by Crippen LogP contribution is -2.20. The van der Waals surface area contributed by atoms with Crippen molar-refractivity contribution in [2.75, 3.05) is 0 Å². The number of benzene rings is 1. The molecule has 0 unspecified atom stereocenters. The van der Waals surface area contributed by atoms with Gasteiger partial charge in [0.15, 0.2) is 0 Å². The van der Waals surface area contributed by atoms with Gasteiger partial charge in [0, 0.05) is 0 Å². The van der Waals surface area contributed by atoms with Crippen molar-refractivity contribution < 1.29 is 27.6 Å². The largest absolute Gasteiger partial charge is 0.501 e. The van der Waals surface area contributed by atoms with Crippen molar-refractivity contribution in [1.82, 2.24) is 10.2 Å². The van der Waals surface area contributed by atoms with E-state index in [-0.39, 0.29) is 6.20 Å². The number of hydrogen-bond donors (Lipinski definition) is 2. The first-order valence-corrected chi connectivity index (χ1v) is 5.94. The van der Waals surface area contributed by atoms with Crippen LogP contribution in [0.1, 0.15) is 5.56 Å². The second-order valence-corrected chi connectivity index (χ2v) is 4.56. The van der Waals surface area contributed by atoms with E-state index in [4.69, 9.17) is 11.6 Å². The van der Waals surface area contributed by atoms with Crippen molar-refractivity contribution in [3.63, 3.8) is 0 Å². The number of aromatic amines is 1. The van der Waals surface area contributed by atoms with Crippen molar-refractivity contribution in [2.45, 2.75) is 6.18 Å². The van der Waals surface area contributed by atoms with E-state index in [2.05, 4.69) is 5.10 Å². The Hall–Kier alpha value is -2.69. The standard InChI is InChI=1S/C11H4ClF4N3O4/c12-4-1-5(13)7(8(9(4)20)19(22)23)6-3(11(14,15)16)2-17-18-10(6)21/h1-2,20H,(H,18,21). The Kier molecular flexibility index (Phi) is 3.99. The van der Waals surface area contributed by atoms with Gasteiger partial charge >= 0.3 is 11.9 Å². The third-order valence-corrected chi connectivity index (χ3v) is 3.06. The molecule has 0 saturated carbocycles. The maximum absolute atomic E-state index is 14.0. The Morgan fingerprint density at radius 1 is 1.35 bits per heavy atom. The number of phenolic OH excluding ortho intramolecular Hbond substituents is 1. The summed E-state index contributed by atoms with van der Waals surface area (Å²) in [5.41, 5.74) is -7.41. The number of alkyl halides is 3. The molecule has 7 nitrogen and oxygen atoms in total. The predicted octanol–water partition coefficient (Wildman–Crippen LogP) is 2.86. The molecule has 0 radical (unpaired) electrons. The molecule has 23 heavy (non-hydrogen) atoms.